The third kappa shape index (κ3) is 3.67. The predicted molar refractivity (Wildman–Crippen MR) is 109 cm³/mol. The fourth-order valence-corrected chi connectivity index (χ4v) is 4.08. The molecule has 0 bridgehead atoms. The van der Waals surface area contributed by atoms with Crippen LogP contribution in [0.2, 0.25) is 5.02 Å². The number of hydrogen-bond acceptors (Lipinski definition) is 2. The molecule has 5 heteroatoms. The lowest BCUT2D eigenvalue weighted by Crippen LogP contribution is -2.17. The molecule has 2 aromatic carbocycles. The molecule has 1 aromatic heterocycles. The zero-order valence-corrected chi connectivity index (χ0v) is 16.9. The number of rotatable bonds is 3. The molecule has 134 valence electrons. The molecule has 0 unspecified atom stereocenters. The van der Waals surface area contributed by atoms with Crippen molar-refractivity contribution in [2.75, 3.05) is 0 Å². The second-order valence-electron chi connectivity index (χ2n) is 6.26. The van der Waals surface area contributed by atoms with E-state index in [-0.39, 0.29) is 5.91 Å². The summed E-state index contributed by atoms with van der Waals surface area (Å²) >= 11 is 7.44. The first-order valence-electron chi connectivity index (χ1n) is 8.53. The molecular weight excluding hydrogens is 364 g/mol. The molecule has 0 aliphatic carbocycles. The highest BCUT2D eigenvalue weighted by Gasteiger charge is 2.14. The van der Waals surface area contributed by atoms with E-state index in [0.717, 1.165) is 27.5 Å². The van der Waals surface area contributed by atoms with Crippen LogP contribution in [0.3, 0.4) is 0 Å². The maximum atomic E-state index is 12.5. The van der Waals surface area contributed by atoms with Crippen LogP contribution in [0.4, 0.5) is 0 Å². The summed E-state index contributed by atoms with van der Waals surface area (Å²) in [6.45, 7) is 9.13. The molecule has 1 heterocycles. The average Bonchev–Trinajstić information content (AvgIpc) is 2.93. The van der Waals surface area contributed by atoms with Crippen molar-refractivity contribution in [3.8, 4) is 11.3 Å². The van der Waals surface area contributed by atoms with Crippen molar-refractivity contribution in [2.45, 2.75) is 34.2 Å². The Labute approximate surface area is 162 Å². The summed E-state index contributed by atoms with van der Waals surface area (Å²) in [5, 5.41) is 0.606. The van der Waals surface area contributed by atoms with Crippen LogP contribution in [0, 0.1) is 20.8 Å². The summed E-state index contributed by atoms with van der Waals surface area (Å²) in [4.78, 5) is 18.8. The maximum absolute atomic E-state index is 12.5. The number of thiazole rings is 1. The average molecular weight is 385 g/mol. The molecule has 0 fully saturated rings. The van der Waals surface area contributed by atoms with Gasteiger partial charge >= 0.3 is 0 Å². The Morgan fingerprint density at radius 1 is 1.08 bits per heavy atom. The molecule has 3 rings (SSSR count). The molecule has 0 atom stereocenters. The van der Waals surface area contributed by atoms with Gasteiger partial charge in [-0.25, -0.2) is 0 Å². The molecule has 3 nitrogen and oxygen atoms in total. The molecule has 3 aromatic rings. The molecule has 26 heavy (non-hydrogen) atoms. The fourth-order valence-electron chi connectivity index (χ4n) is 2.89. The van der Waals surface area contributed by atoms with Crippen LogP contribution >= 0.6 is 22.9 Å². The van der Waals surface area contributed by atoms with E-state index < -0.39 is 0 Å². The van der Waals surface area contributed by atoms with E-state index in [1.807, 2.05) is 0 Å². The van der Waals surface area contributed by atoms with Crippen molar-refractivity contribution < 1.29 is 4.79 Å². The van der Waals surface area contributed by atoms with Gasteiger partial charge in [0.25, 0.3) is 5.91 Å². The summed E-state index contributed by atoms with van der Waals surface area (Å²) in [6, 6.07) is 13.3. The zero-order valence-electron chi connectivity index (χ0n) is 15.3. The maximum Gasteiger partial charge on any atom is 0.279 e. The van der Waals surface area contributed by atoms with Gasteiger partial charge in [-0.1, -0.05) is 23.7 Å². The summed E-state index contributed by atoms with van der Waals surface area (Å²) in [6.07, 6.45) is 0. The van der Waals surface area contributed by atoms with Gasteiger partial charge in [0, 0.05) is 22.0 Å². The quantitative estimate of drug-likeness (QED) is 0.582. The second-order valence-corrected chi connectivity index (χ2v) is 7.87. The summed E-state index contributed by atoms with van der Waals surface area (Å²) in [5.74, 6) is -0.253. The van der Waals surface area contributed by atoms with Gasteiger partial charge in [0.2, 0.25) is 0 Å². The SMILES string of the molecule is CCn1c(-c2ccc(C)c(C)c2)c(C)sc1=NC(=O)c1ccc(Cl)cc1. The van der Waals surface area contributed by atoms with E-state index in [2.05, 4.69) is 55.5 Å². The molecule has 0 aliphatic rings. The van der Waals surface area contributed by atoms with Crippen molar-refractivity contribution in [2.24, 2.45) is 4.99 Å². The Hall–Kier alpha value is -2.17. The number of carbonyl (C=O) groups is 1. The first-order chi connectivity index (χ1) is 12.4. The number of amides is 1. The van der Waals surface area contributed by atoms with E-state index in [1.165, 1.54) is 11.1 Å². The van der Waals surface area contributed by atoms with Crippen molar-refractivity contribution >= 4 is 28.8 Å². The van der Waals surface area contributed by atoms with Gasteiger partial charge in [-0.05, 0) is 74.7 Å². The number of hydrogen-bond donors (Lipinski definition) is 0. The number of nitrogens with zero attached hydrogens (tertiary/aromatic N) is 2. The van der Waals surface area contributed by atoms with E-state index in [1.54, 1.807) is 35.6 Å². The molecule has 0 saturated heterocycles. The normalized spacial score (nSPS) is 11.8. The van der Waals surface area contributed by atoms with Crippen molar-refractivity contribution in [1.29, 1.82) is 0 Å². The van der Waals surface area contributed by atoms with Gasteiger partial charge in [-0.3, -0.25) is 4.79 Å². The molecule has 0 saturated carbocycles. The molecule has 1 amide bonds. The zero-order chi connectivity index (χ0) is 18.8. The smallest absolute Gasteiger partial charge is 0.279 e. The largest absolute Gasteiger partial charge is 0.316 e. The van der Waals surface area contributed by atoms with E-state index in [4.69, 9.17) is 11.6 Å². The van der Waals surface area contributed by atoms with Crippen LogP contribution in [0.25, 0.3) is 11.3 Å². The van der Waals surface area contributed by atoms with E-state index >= 15 is 0 Å². The van der Waals surface area contributed by atoms with E-state index in [9.17, 15) is 4.79 Å². The molecular formula is C21H21ClN2OS. The lowest BCUT2D eigenvalue weighted by molar-refractivity contribution is 0.0998. The summed E-state index contributed by atoms with van der Waals surface area (Å²) in [5.41, 5.74) is 5.35. The van der Waals surface area contributed by atoms with Crippen LogP contribution in [-0.2, 0) is 6.54 Å². The highest BCUT2D eigenvalue weighted by Crippen LogP contribution is 2.27. The first-order valence-corrected chi connectivity index (χ1v) is 9.72. The number of aromatic nitrogens is 1. The Kier molecular flexibility index (Phi) is 5.44. The first kappa shape index (κ1) is 18.6. The highest BCUT2D eigenvalue weighted by molar-refractivity contribution is 7.09. The third-order valence-electron chi connectivity index (χ3n) is 4.46. The summed E-state index contributed by atoms with van der Waals surface area (Å²) in [7, 11) is 0. The Balaban J connectivity index is 2.10. The van der Waals surface area contributed by atoms with Gasteiger partial charge in [-0.15, -0.1) is 11.3 Å². The van der Waals surface area contributed by atoms with Crippen LogP contribution in [-0.4, -0.2) is 10.5 Å². The Bertz CT molecular complexity index is 1030. The van der Waals surface area contributed by atoms with Crippen LogP contribution in [0.1, 0.15) is 33.3 Å². The molecule has 0 N–H and O–H groups in total. The minimum Gasteiger partial charge on any atom is -0.316 e. The van der Waals surface area contributed by atoms with Gasteiger partial charge in [0.05, 0.1) is 5.69 Å². The lowest BCUT2D eigenvalue weighted by atomic mass is 10.0. The number of aryl methyl sites for hydroxylation is 3. The minimum absolute atomic E-state index is 0.253. The van der Waals surface area contributed by atoms with Gasteiger partial charge in [-0.2, -0.15) is 4.99 Å². The topological polar surface area (TPSA) is 34.4 Å². The van der Waals surface area contributed by atoms with Crippen LogP contribution in [0.5, 0.6) is 0 Å². The Morgan fingerprint density at radius 2 is 1.77 bits per heavy atom. The fraction of sp³-hybridized carbons (Fsp3) is 0.238. The van der Waals surface area contributed by atoms with Crippen LogP contribution < -0.4 is 4.80 Å². The molecule has 0 spiro atoms. The van der Waals surface area contributed by atoms with E-state index in [0.29, 0.717) is 10.6 Å². The molecule has 0 aliphatic heterocycles. The number of halogens is 1. The molecule has 0 radical (unpaired) electrons. The van der Waals surface area contributed by atoms with Crippen LogP contribution in [0.15, 0.2) is 47.5 Å². The standard InChI is InChI=1S/C21H21ClN2OS/c1-5-24-19(17-7-6-13(2)14(3)12-17)15(4)26-21(24)23-20(25)16-8-10-18(22)11-9-16/h6-12H,5H2,1-4H3. The van der Waals surface area contributed by atoms with Gasteiger partial charge < -0.3 is 4.57 Å². The highest BCUT2D eigenvalue weighted by atomic mass is 35.5. The second kappa shape index (κ2) is 7.60. The lowest BCUT2D eigenvalue weighted by Gasteiger charge is -2.10. The minimum atomic E-state index is -0.253. The Morgan fingerprint density at radius 3 is 2.38 bits per heavy atom. The monoisotopic (exact) mass is 384 g/mol. The van der Waals surface area contributed by atoms with Crippen molar-refractivity contribution in [3.63, 3.8) is 0 Å². The van der Waals surface area contributed by atoms with Gasteiger partial charge in [0.15, 0.2) is 4.80 Å². The summed E-state index contributed by atoms with van der Waals surface area (Å²) < 4.78 is 2.11. The third-order valence-corrected chi connectivity index (χ3v) is 5.71. The van der Waals surface area contributed by atoms with Crippen molar-refractivity contribution in [3.05, 3.63) is 73.9 Å². The number of benzene rings is 2. The number of carbonyl (C=O) groups excluding carboxylic acids is 1. The van der Waals surface area contributed by atoms with Gasteiger partial charge in [0.1, 0.15) is 0 Å². The van der Waals surface area contributed by atoms with Crippen molar-refractivity contribution in [1.82, 2.24) is 4.57 Å². The predicted octanol–water partition coefficient (Wildman–Crippen LogP) is 5.56.